The highest BCUT2D eigenvalue weighted by atomic mass is 79.9. The Bertz CT molecular complexity index is 956. The molecule has 0 aliphatic carbocycles. The Balaban J connectivity index is 1.59. The quantitative estimate of drug-likeness (QED) is 0.621. The van der Waals surface area contributed by atoms with Gasteiger partial charge in [0, 0.05) is 42.9 Å². The first kappa shape index (κ1) is 21.1. The largest absolute Gasteiger partial charge is 0.378 e. The van der Waals surface area contributed by atoms with Gasteiger partial charge in [-0.05, 0) is 59.8 Å². The minimum Gasteiger partial charge on any atom is -0.378 e. The third kappa shape index (κ3) is 5.48. The molecule has 2 aromatic rings. The number of carbonyl (C=O) groups excluding carboxylic acids is 3. The van der Waals surface area contributed by atoms with Crippen LogP contribution in [0.1, 0.15) is 12.0 Å². The summed E-state index contributed by atoms with van der Waals surface area (Å²) in [5, 5.41) is 2.40. The lowest BCUT2D eigenvalue weighted by Crippen LogP contribution is -2.31. The summed E-state index contributed by atoms with van der Waals surface area (Å²) in [6.07, 6.45) is 1.74. The van der Waals surface area contributed by atoms with Crippen molar-refractivity contribution in [2.75, 3.05) is 30.9 Å². The number of rotatable bonds is 6. The van der Waals surface area contributed by atoms with Crippen molar-refractivity contribution in [2.45, 2.75) is 6.42 Å². The predicted molar refractivity (Wildman–Crippen MR) is 121 cm³/mol. The first-order valence-electron chi connectivity index (χ1n) is 8.91. The Morgan fingerprint density at radius 2 is 1.76 bits per heavy atom. The molecule has 0 aromatic heterocycles. The molecule has 150 valence electrons. The fourth-order valence-electron chi connectivity index (χ4n) is 2.68. The molecule has 0 saturated carbocycles. The number of imide groups is 1. The molecule has 0 radical (unpaired) electrons. The second kappa shape index (κ2) is 9.28. The molecular formula is C21H20BrN3O3S. The number of halogens is 1. The first-order chi connectivity index (χ1) is 13.8. The zero-order chi connectivity index (χ0) is 21.0. The Labute approximate surface area is 182 Å². The lowest BCUT2D eigenvalue weighted by molar-refractivity contribution is -0.123. The summed E-state index contributed by atoms with van der Waals surface area (Å²) in [6, 6.07) is 14.9. The number of benzene rings is 2. The zero-order valence-electron chi connectivity index (χ0n) is 16.0. The number of hydrogen-bond acceptors (Lipinski definition) is 5. The Kier molecular flexibility index (Phi) is 6.76. The molecule has 1 heterocycles. The van der Waals surface area contributed by atoms with Crippen molar-refractivity contribution in [1.29, 1.82) is 0 Å². The van der Waals surface area contributed by atoms with Crippen LogP contribution in [0.4, 0.5) is 16.2 Å². The molecule has 0 spiro atoms. The summed E-state index contributed by atoms with van der Waals surface area (Å²) >= 11 is 4.23. The first-order valence-corrected chi connectivity index (χ1v) is 10.5. The molecule has 1 aliphatic rings. The van der Waals surface area contributed by atoms with E-state index in [9.17, 15) is 14.4 Å². The lowest BCUT2D eigenvalue weighted by Gasteiger charge is -2.12. The minimum absolute atomic E-state index is 0.0406. The van der Waals surface area contributed by atoms with Crippen molar-refractivity contribution in [1.82, 2.24) is 4.90 Å². The summed E-state index contributed by atoms with van der Waals surface area (Å²) in [5.74, 6) is -0.622. The van der Waals surface area contributed by atoms with Gasteiger partial charge in [0.2, 0.25) is 5.91 Å². The number of carbonyl (C=O) groups is 3. The molecular weight excluding hydrogens is 454 g/mol. The maximum atomic E-state index is 12.6. The average Bonchev–Trinajstić information content (AvgIpc) is 2.95. The van der Waals surface area contributed by atoms with E-state index in [4.69, 9.17) is 0 Å². The van der Waals surface area contributed by atoms with Gasteiger partial charge in [-0.1, -0.05) is 28.1 Å². The number of hydrogen-bond donors (Lipinski definition) is 1. The monoisotopic (exact) mass is 473 g/mol. The summed E-state index contributed by atoms with van der Waals surface area (Å²) in [4.78, 5) is 40.4. The molecule has 3 rings (SSSR count). The fraction of sp³-hybridized carbons (Fsp3) is 0.190. The van der Waals surface area contributed by atoms with Crippen LogP contribution >= 0.6 is 27.7 Å². The van der Waals surface area contributed by atoms with Crippen LogP contribution in [0.2, 0.25) is 0 Å². The SMILES string of the molecule is CN(C)c1ccc(/C=C2/SC(=O)N(CCC(=O)Nc3ccc(Br)cc3)C2=O)cc1. The predicted octanol–water partition coefficient (Wildman–Crippen LogP) is 4.58. The van der Waals surface area contributed by atoms with E-state index in [-0.39, 0.29) is 30.0 Å². The van der Waals surface area contributed by atoms with Crippen molar-refractivity contribution in [3.05, 3.63) is 63.5 Å². The van der Waals surface area contributed by atoms with E-state index in [0.717, 1.165) is 32.4 Å². The van der Waals surface area contributed by atoms with Crippen LogP contribution in [0.3, 0.4) is 0 Å². The van der Waals surface area contributed by atoms with Gasteiger partial charge in [0.15, 0.2) is 0 Å². The minimum atomic E-state index is -0.367. The van der Waals surface area contributed by atoms with Gasteiger partial charge in [-0.15, -0.1) is 0 Å². The second-order valence-electron chi connectivity index (χ2n) is 6.62. The van der Waals surface area contributed by atoms with Crippen molar-refractivity contribution in [3.63, 3.8) is 0 Å². The van der Waals surface area contributed by atoms with E-state index in [0.29, 0.717) is 10.6 Å². The van der Waals surface area contributed by atoms with E-state index < -0.39 is 0 Å². The number of nitrogens with one attached hydrogen (secondary N) is 1. The lowest BCUT2D eigenvalue weighted by atomic mass is 10.2. The number of amides is 3. The molecule has 0 unspecified atom stereocenters. The van der Waals surface area contributed by atoms with Crippen molar-refractivity contribution in [2.24, 2.45) is 0 Å². The molecule has 1 saturated heterocycles. The van der Waals surface area contributed by atoms with Gasteiger partial charge in [-0.3, -0.25) is 19.3 Å². The van der Waals surface area contributed by atoms with Gasteiger partial charge in [0.1, 0.15) is 0 Å². The van der Waals surface area contributed by atoms with E-state index in [1.54, 1.807) is 18.2 Å². The Morgan fingerprint density at radius 1 is 1.10 bits per heavy atom. The van der Waals surface area contributed by atoms with Crippen molar-refractivity contribution < 1.29 is 14.4 Å². The number of anilines is 2. The maximum absolute atomic E-state index is 12.6. The van der Waals surface area contributed by atoms with Crippen LogP contribution in [0.15, 0.2) is 57.9 Å². The fourth-order valence-corrected chi connectivity index (χ4v) is 3.81. The van der Waals surface area contributed by atoms with Gasteiger partial charge in [-0.25, -0.2) is 0 Å². The maximum Gasteiger partial charge on any atom is 0.293 e. The summed E-state index contributed by atoms with van der Waals surface area (Å²) in [6.45, 7) is 0.0456. The van der Waals surface area contributed by atoms with Crippen LogP contribution in [-0.4, -0.2) is 42.6 Å². The standard InChI is InChI=1S/C21H20BrN3O3S/c1-24(2)17-9-3-14(4-10-17)13-18-20(27)25(21(28)29-18)12-11-19(26)23-16-7-5-15(22)6-8-16/h3-10,13H,11-12H2,1-2H3,(H,23,26)/b18-13+. The van der Waals surface area contributed by atoms with E-state index in [1.165, 1.54) is 0 Å². The molecule has 1 aliphatic heterocycles. The molecule has 6 nitrogen and oxygen atoms in total. The number of thioether (sulfide) groups is 1. The second-order valence-corrected chi connectivity index (χ2v) is 8.53. The van der Waals surface area contributed by atoms with Crippen LogP contribution in [-0.2, 0) is 9.59 Å². The molecule has 1 fully saturated rings. The third-order valence-corrected chi connectivity index (χ3v) is 5.71. The Hall–Kier alpha value is -2.58. The normalized spacial score (nSPS) is 15.1. The molecule has 8 heteroatoms. The molecule has 0 bridgehead atoms. The van der Waals surface area contributed by atoms with E-state index in [2.05, 4.69) is 21.2 Å². The van der Waals surface area contributed by atoms with Crippen molar-refractivity contribution in [3.8, 4) is 0 Å². The molecule has 1 N–H and O–H groups in total. The summed E-state index contributed by atoms with van der Waals surface area (Å²) in [7, 11) is 3.90. The van der Waals surface area contributed by atoms with Crippen LogP contribution < -0.4 is 10.2 Å². The highest BCUT2D eigenvalue weighted by Crippen LogP contribution is 2.32. The van der Waals surface area contributed by atoms with E-state index in [1.807, 2.05) is 55.4 Å². The van der Waals surface area contributed by atoms with Gasteiger partial charge in [-0.2, -0.15) is 0 Å². The Morgan fingerprint density at radius 3 is 2.38 bits per heavy atom. The number of nitrogens with zero attached hydrogens (tertiary/aromatic N) is 2. The molecule has 0 atom stereocenters. The average molecular weight is 474 g/mol. The van der Waals surface area contributed by atoms with Crippen LogP contribution in [0, 0.1) is 0 Å². The van der Waals surface area contributed by atoms with E-state index >= 15 is 0 Å². The topological polar surface area (TPSA) is 69.7 Å². The van der Waals surface area contributed by atoms with Gasteiger partial charge >= 0.3 is 0 Å². The van der Waals surface area contributed by atoms with Gasteiger partial charge < -0.3 is 10.2 Å². The van der Waals surface area contributed by atoms with Gasteiger partial charge in [0.05, 0.1) is 4.91 Å². The summed E-state index contributed by atoms with van der Waals surface area (Å²) < 4.78 is 0.913. The molecule has 3 amide bonds. The zero-order valence-corrected chi connectivity index (χ0v) is 18.4. The third-order valence-electron chi connectivity index (χ3n) is 4.27. The van der Waals surface area contributed by atoms with Crippen LogP contribution in [0.5, 0.6) is 0 Å². The summed E-state index contributed by atoms with van der Waals surface area (Å²) in [5.41, 5.74) is 2.55. The smallest absolute Gasteiger partial charge is 0.293 e. The molecule has 2 aromatic carbocycles. The highest BCUT2D eigenvalue weighted by Gasteiger charge is 2.35. The highest BCUT2D eigenvalue weighted by molar-refractivity contribution is 9.10. The van der Waals surface area contributed by atoms with Crippen LogP contribution in [0.25, 0.3) is 6.08 Å². The van der Waals surface area contributed by atoms with Crippen molar-refractivity contribution >= 4 is 62.2 Å². The molecule has 29 heavy (non-hydrogen) atoms. The van der Waals surface area contributed by atoms with Gasteiger partial charge in [0.25, 0.3) is 11.1 Å².